The van der Waals surface area contributed by atoms with Gasteiger partial charge in [-0.25, -0.2) is 0 Å². The molecule has 17 heavy (non-hydrogen) atoms. The van der Waals surface area contributed by atoms with Gasteiger partial charge in [-0.1, -0.05) is 11.6 Å². The Morgan fingerprint density at radius 1 is 1.59 bits per heavy atom. The SMILES string of the molecule is CC(C)(CNc1ccc(C#N)cc1Cl)C(=O)O. The Balaban J connectivity index is 2.78. The van der Waals surface area contributed by atoms with Crippen molar-refractivity contribution in [1.29, 1.82) is 5.26 Å². The number of hydrogen-bond donors (Lipinski definition) is 2. The van der Waals surface area contributed by atoms with E-state index in [0.717, 1.165) is 0 Å². The highest BCUT2D eigenvalue weighted by molar-refractivity contribution is 6.33. The van der Waals surface area contributed by atoms with Gasteiger partial charge >= 0.3 is 5.97 Å². The first-order chi connectivity index (χ1) is 7.86. The molecule has 0 aromatic heterocycles. The van der Waals surface area contributed by atoms with Crippen molar-refractivity contribution >= 4 is 23.3 Å². The predicted molar refractivity (Wildman–Crippen MR) is 66.1 cm³/mol. The van der Waals surface area contributed by atoms with Crippen molar-refractivity contribution in [1.82, 2.24) is 0 Å². The van der Waals surface area contributed by atoms with Crippen LogP contribution in [0.4, 0.5) is 5.69 Å². The summed E-state index contributed by atoms with van der Waals surface area (Å²) in [5.41, 5.74) is 0.218. The molecule has 0 spiro atoms. The van der Waals surface area contributed by atoms with Crippen molar-refractivity contribution in [3.05, 3.63) is 28.8 Å². The molecule has 0 amide bonds. The number of benzene rings is 1. The number of aliphatic carboxylic acids is 1. The van der Waals surface area contributed by atoms with E-state index in [1.165, 1.54) is 6.07 Å². The van der Waals surface area contributed by atoms with Gasteiger partial charge in [-0.3, -0.25) is 4.79 Å². The Hall–Kier alpha value is -1.73. The third-order valence-corrected chi connectivity index (χ3v) is 2.71. The molecule has 0 aliphatic heterocycles. The number of anilines is 1. The minimum absolute atomic E-state index is 0.258. The highest BCUT2D eigenvalue weighted by Gasteiger charge is 2.26. The summed E-state index contributed by atoms with van der Waals surface area (Å²) in [6.07, 6.45) is 0. The maximum Gasteiger partial charge on any atom is 0.310 e. The fraction of sp³-hybridized carbons (Fsp3) is 0.333. The second-order valence-corrected chi connectivity index (χ2v) is 4.76. The molecule has 1 aromatic rings. The molecule has 0 heterocycles. The standard InChI is InChI=1S/C12H13ClN2O2/c1-12(2,11(16)17)7-15-10-4-3-8(6-14)5-9(10)13/h3-5,15H,7H2,1-2H3,(H,16,17). The molecule has 0 saturated carbocycles. The van der Waals surface area contributed by atoms with Crippen LogP contribution in [-0.2, 0) is 4.79 Å². The second-order valence-electron chi connectivity index (χ2n) is 4.35. The number of carboxylic acids is 1. The van der Waals surface area contributed by atoms with Crippen LogP contribution in [0.3, 0.4) is 0 Å². The average Bonchev–Trinajstić information content (AvgIpc) is 2.27. The third kappa shape index (κ3) is 3.36. The molecule has 1 aromatic carbocycles. The monoisotopic (exact) mass is 252 g/mol. The van der Waals surface area contributed by atoms with Crippen molar-refractivity contribution < 1.29 is 9.90 Å². The van der Waals surface area contributed by atoms with Crippen LogP contribution >= 0.6 is 11.6 Å². The normalized spacial score (nSPS) is 10.7. The van der Waals surface area contributed by atoms with E-state index in [0.29, 0.717) is 16.3 Å². The van der Waals surface area contributed by atoms with Gasteiger partial charge in [0.2, 0.25) is 0 Å². The van der Waals surface area contributed by atoms with Crippen molar-refractivity contribution in [3.8, 4) is 6.07 Å². The summed E-state index contributed by atoms with van der Waals surface area (Å²) in [7, 11) is 0. The summed E-state index contributed by atoms with van der Waals surface area (Å²) in [5.74, 6) is -0.880. The van der Waals surface area contributed by atoms with Gasteiger partial charge in [0.25, 0.3) is 0 Å². The largest absolute Gasteiger partial charge is 0.481 e. The minimum atomic E-state index is -0.880. The van der Waals surface area contributed by atoms with Gasteiger partial charge in [-0.2, -0.15) is 5.26 Å². The Morgan fingerprint density at radius 2 is 2.24 bits per heavy atom. The lowest BCUT2D eigenvalue weighted by atomic mass is 9.94. The van der Waals surface area contributed by atoms with Crippen LogP contribution in [0.25, 0.3) is 0 Å². The number of nitriles is 1. The predicted octanol–water partition coefficient (Wildman–Crippen LogP) is 2.73. The zero-order valence-corrected chi connectivity index (χ0v) is 10.4. The number of halogens is 1. The summed E-state index contributed by atoms with van der Waals surface area (Å²) in [5, 5.41) is 21.0. The highest BCUT2D eigenvalue weighted by Crippen LogP contribution is 2.24. The van der Waals surface area contributed by atoms with Crippen LogP contribution < -0.4 is 5.32 Å². The lowest BCUT2D eigenvalue weighted by Crippen LogP contribution is -2.31. The molecule has 0 unspecified atom stereocenters. The summed E-state index contributed by atoms with van der Waals surface area (Å²) in [6, 6.07) is 6.81. The molecule has 0 aliphatic rings. The van der Waals surface area contributed by atoms with Crippen molar-refractivity contribution in [3.63, 3.8) is 0 Å². The first-order valence-corrected chi connectivity index (χ1v) is 5.41. The van der Waals surface area contributed by atoms with Crippen molar-refractivity contribution in [2.24, 2.45) is 5.41 Å². The van der Waals surface area contributed by atoms with E-state index in [4.69, 9.17) is 22.0 Å². The van der Waals surface area contributed by atoms with Crippen molar-refractivity contribution in [2.45, 2.75) is 13.8 Å². The Morgan fingerprint density at radius 3 is 2.71 bits per heavy atom. The smallest absolute Gasteiger partial charge is 0.310 e. The summed E-state index contributed by atoms with van der Waals surface area (Å²) >= 11 is 5.96. The Bertz CT molecular complexity index is 478. The summed E-state index contributed by atoms with van der Waals surface area (Å²) in [6.45, 7) is 3.51. The molecule has 90 valence electrons. The molecule has 0 atom stereocenters. The summed E-state index contributed by atoms with van der Waals surface area (Å²) in [4.78, 5) is 10.9. The lowest BCUT2D eigenvalue weighted by Gasteiger charge is -2.20. The lowest BCUT2D eigenvalue weighted by molar-refractivity contribution is -0.146. The maximum atomic E-state index is 10.9. The van der Waals surface area contributed by atoms with E-state index in [-0.39, 0.29) is 6.54 Å². The van der Waals surface area contributed by atoms with Crippen LogP contribution in [0.5, 0.6) is 0 Å². The number of carbonyl (C=O) groups is 1. The van der Waals surface area contributed by atoms with Crippen LogP contribution in [0.1, 0.15) is 19.4 Å². The maximum absolute atomic E-state index is 10.9. The Labute approximate surface area is 105 Å². The van der Waals surface area contributed by atoms with Crippen LogP contribution in [0.2, 0.25) is 5.02 Å². The zero-order valence-electron chi connectivity index (χ0n) is 9.62. The number of nitrogens with zero attached hydrogens (tertiary/aromatic N) is 1. The van der Waals surface area contributed by atoms with Crippen LogP contribution in [-0.4, -0.2) is 17.6 Å². The third-order valence-electron chi connectivity index (χ3n) is 2.40. The average molecular weight is 253 g/mol. The molecule has 5 heteroatoms. The highest BCUT2D eigenvalue weighted by atomic mass is 35.5. The van der Waals surface area contributed by atoms with Gasteiger partial charge < -0.3 is 10.4 Å². The molecule has 2 N–H and O–H groups in total. The zero-order chi connectivity index (χ0) is 13.1. The second kappa shape index (κ2) is 5.07. The molecule has 0 bridgehead atoms. The topological polar surface area (TPSA) is 73.1 Å². The quantitative estimate of drug-likeness (QED) is 0.864. The van der Waals surface area contributed by atoms with E-state index in [1.54, 1.807) is 26.0 Å². The molecule has 0 aliphatic carbocycles. The molecule has 0 fully saturated rings. The molecule has 1 rings (SSSR count). The van der Waals surface area contributed by atoms with Gasteiger partial charge in [0.1, 0.15) is 0 Å². The van der Waals surface area contributed by atoms with E-state index in [1.807, 2.05) is 6.07 Å². The first-order valence-electron chi connectivity index (χ1n) is 5.04. The van der Waals surface area contributed by atoms with Gasteiger partial charge in [0.05, 0.1) is 27.8 Å². The minimum Gasteiger partial charge on any atom is -0.481 e. The van der Waals surface area contributed by atoms with Crippen LogP contribution in [0, 0.1) is 16.7 Å². The number of carboxylic acid groups (broad SMARTS) is 1. The van der Waals surface area contributed by atoms with Gasteiger partial charge in [0.15, 0.2) is 0 Å². The number of rotatable bonds is 4. The fourth-order valence-electron chi connectivity index (χ4n) is 1.12. The van der Waals surface area contributed by atoms with Crippen LogP contribution in [0.15, 0.2) is 18.2 Å². The number of hydrogen-bond acceptors (Lipinski definition) is 3. The summed E-state index contributed by atoms with van der Waals surface area (Å²) < 4.78 is 0. The molecule has 4 nitrogen and oxygen atoms in total. The van der Waals surface area contributed by atoms with Crippen molar-refractivity contribution in [2.75, 3.05) is 11.9 Å². The molecular formula is C12H13ClN2O2. The van der Waals surface area contributed by atoms with Gasteiger partial charge in [0, 0.05) is 6.54 Å². The van der Waals surface area contributed by atoms with Gasteiger partial charge in [-0.05, 0) is 32.0 Å². The van der Waals surface area contributed by atoms with Gasteiger partial charge in [-0.15, -0.1) is 0 Å². The van der Waals surface area contributed by atoms with E-state index in [9.17, 15) is 4.79 Å². The molecular weight excluding hydrogens is 240 g/mol. The van der Waals surface area contributed by atoms with E-state index in [2.05, 4.69) is 5.32 Å². The molecule has 0 radical (unpaired) electrons. The van der Waals surface area contributed by atoms with E-state index < -0.39 is 11.4 Å². The Kier molecular flexibility index (Phi) is 3.97. The fourth-order valence-corrected chi connectivity index (χ4v) is 1.37. The molecule has 0 saturated heterocycles. The first kappa shape index (κ1) is 13.3. The number of nitrogens with one attached hydrogen (secondary N) is 1. The van der Waals surface area contributed by atoms with E-state index >= 15 is 0 Å².